The Labute approximate surface area is 148 Å². The number of aryl methyl sites for hydroxylation is 2. The Kier molecular flexibility index (Phi) is 3.65. The largest absolute Gasteiger partial charge is 0.383 e. The Balaban J connectivity index is 1.63. The number of nitrogens with zero attached hydrogens (tertiary/aromatic N) is 4. The summed E-state index contributed by atoms with van der Waals surface area (Å²) >= 11 is 6.00. The summed E-state index contributed by atoms with van der Waals surface area (Å²) in [6.45, 7) is 4.34. The van der Waals surface area contributed by atoms with Crippen LogP contribution in [0.1, 0.15) is 17.1 Å². The van der Waals surface area contributed by atoms with Crippen LogP contribution in [0.2, 0.25) is 5.02 Å². The maximum atomic E-state index is 6.09. The molecule has 7 nitrogen and oxygen atoms in total. The topological polar surface area (TPSA) is 105 Å². The zero-order chi connectivity index (χ0) is 17.6. The van der Waals surface area contributed by atoms with E-state index in [0.717, 1.165) is 33.5 Å². The van der Waals surface area contributed by atoms with Gasteiger partial charge in [0.1, 0.15) is 11.6 Å². The van der Waals surface area contributed by atoms with E-state index in [2.05, 4.69) is 30.2 Å². The van der Waals surface area contributed by atoms with Gasteiger partial charge in [0.05, 0.1) is 23.0 Å². The molecule has 0 unspecified atom stereocenters. The van der Waals surface area contributed by atoms with Gasteiger partial charge in [-0.25, -0.2) is 9.97 Å². The van der Waals surface area contributed by atoms with Crippen LogP contribution in [-0.2, 0) is 6.54 Å². The van der Waals surface area contributed by atoms with Crippen molar-refractivity contribution in [3.63, 3.8) is 0 Å². The molecule has 0 fully saturated rings. The number of aromatic nitrogens is 5. The fourth-order valence-corrected chi connectivity index (χ4v) is 3.04. The third-order valence-electron chi connectivity index (χ3n) is 3.93. The molecule has 0 aliphatic heterocycles. The second-order valence-electron chi connectivity index (χ2n) is 5.91. The summed E-state index contributed by atoms with van der Waals surface area (Å²) in [6, 6.07) is 7.49. The molecule has 0 spiro atoms. The molecule has 0 aliphatic carbocycles. The first-order chi connectivity index (χ1) is 12.0. The third-order valence-corrected chi connectivity index (χ3v) is 4.16. The number of halogens is 1. The lowest BCUT2D eigenvalue weighted by molar-refractivity contribution is 0.980. The number of H-pyrrole nitrogens is 1. The van der Waals surface area contributed by atoms with Gasteiger partial charge in [-0.2, -0.15) is 9.97 Å². The molecule has 4 N–H and O–H groups in total. The van der Waals surface area contributed by atoms with E-state index >= 15 is 0 Å². The van der Waals surface area contributed by atoms with Crippen molar-refractivity contribution in [2.45, 2.75) is 20.4 Å². The number of anilines is 2. The number of nitrogens with two attached hydrogens (primary N) is 1. The minimum Gasteiger partial charge on any atom is -0.383 e. The van der Waals surface area contributed by atoms with Gasteiger partial charge >= 0.3 is 0 Å². The fourth-order valence-electron chi connectivity index (χ4n) is 2.87. The summed E-state index contributed by atoms with van der Waals surface area (Å²) in [6.07, 6.45) is 0. The molecule has 4 aromatic rings. The first kappa shape index (κ1) is 15.6. The van der Waals surface area contributed by atoms with Gasteiger partial charge in [-0.05, 0) is 43.7 Å². The lowest BCUT2D eigenvalue weighted by atomic mass is 10.1. The Morgan fingerprint density at radius 1 is 1.12 bits per heavy atom. The van der Waals surface area contributed by atoms with Crippen LogP contribution in [0, 0.1) is 13.8 Å². The SMILES string of the molecule is Cc1cc(C)c2c(N)nc(NCc3nc4ccc(Cl)cc4[nH]3)nc2n1. The highest BCUT2D eigenvalue weighted by atomic mass is 35.5. The minimum absolute atomic E-state index is 0.411. The number of rotatable bonds is 3. The molecular formula is C17H16ClN7. The molecule has 3 heterocycles. The Hall–Kier alpha value is -2.93. The van der Waals surface area contributed by atoms with E-state index in [1.807, 2.05) is 38.1 Å². The number of fused-ring (bicyclic) bond motifs is 2. The number of nitrogen functional groups attached to an aromatic ring is 1. The summed E-state index contributed by atoms with van der Waals surface area (Å²) in [5.74, 6) is 1.59. The van der Waals surface area contributed by atoms with Crippen LogP contribution in [0.15, 0.2) is 24.3 Å². The number of hydrogen-bond acceptors (Lipinski definition) is 6. The smallest absolute Gasteiger partial charge is 0.227 e. The summed E-state index contributed by atoms with van der Waals surface area (Å²) in [5, 5.41) is 4.59. The van der Waals surface area contributed by atoms with Crippen LogP contribution < -0.4 is 11.1 Å². The Bertz CT molecular complexity index is 1100. The lowest BCUT2D eigenvalue weighted by Gasteiger charge is -2.08. The van der Waals surface area contributed by atoms with Gasteiger partial charge in [0.2, 0.25) is 5.95 Å². The van der Waals surface area contributed by atoms with Crippen molar-refractivity contribution in [3.8, 4) is 0 Å². The molecule has 3 aromatic heterocycles. The quantitative estimate of drug-likeness (QED) is 0.521. The van der Waals surface area contributed by atoms with Crippen molar-refractivity contribution < 1.29 is 0 Å². The van der Waals surface area contributed by atoms with E-state index < -0.39 is 0 Å². The molecular weight excluding hydrogens is 338 g/mol. The number of imidazole rings is 1. The van der Waals surface area contributed by atoms with Crippen LogP contribution in [0.5, 0.6) is 0 Å². The minimum atomic E-state index is 0.411. The van der Waals surface area contributed by atoms with Gasteiger partial charge in [-0.15, -0.1) is 0 Å². The van der Waals surface area contributed by atoms with Crippen molar-refractivity contribution >= 4 is 45.4 Å². The molecule has 0 saturated carbocycles. The molecule has 0 bridgehead atoms. The summed E-state index contributed by atoms with van der Waals surface area (Å²) in [7, 11) is 0. The Morgan fingerprint density at radius 3 is 2.80 bits per heavy atom. The zero-order valence-electron chi connectivity index (χ0n) is 13.8. The van der Waals surface area contributed by atoms with Gasteiger partial charge in [-0.1, -0.05) is 11.6 Å². The van der Waals surface area contributed by atoms with Gasteiger partial charge in [0.15, 0.2) is 5.65 Å². The van der Waals surface area contributed by atoms with E-state index in [1.54, 1.807) is 0 Å². The normalized spacial score (nSPS) is 11.3. The Morgan fingerprint density at radius 2 is 1.96 bits per heavy atom. The predicted molar refractivity (Wildman–Crippen MR) is 99.6 cm³/mol. The van der Waals surface area contributed by atoms with Gasteiger partial charge < -0.3 is 16.0 Å². The second kappa shape index (κ2) is 5.86. The fraction of sp³-hybridized carbons (Fsp3) is 0.176. The predicted octanol–water partition coefficient (Wildman–Crippen LogP) is 3.37. The van der Waals surface area contributed by atoms with Crippen molar-refractivity contribution in [2.75, 3.05) is 11.1 Å². The van der Waals surface area contributed by atoms with Crippen molar-refractivity contribution in [2.24, 2.45) is 0 Å². The van der Waals surface area contributed by atoms with Gasteiger partial charge in [0.25, 0.3) is 0 Å². The molecule has 1 aromatic carbocycles. The molecule has 4 rings (SSSR count). The van der Waals surface area contributed by atoms with Crippen molar-refractivity contribution in [1.82, 2.24) is 24.9 Å². The third kappa shape index (κ3) is 2.94. The molecule has 0 radical (unpaired) electrons. The zero-order valence-corrected chi connectivity index (χ0v) is 14.5. The van der Waals surface area contributed by atoms with E-state index in [9.17, 15) is 0 Å². The van der Waals surface area contributed by atoms with E-state index in [0.29, 0.717) is 29.0 Å². The average Bonchev–Trinajstić information content (AvgIpc) is 2.93. The molecule has 8 heteroatoms. The second-order valence-corrected chi connectivity index (χ2v) is 6.35. The molecule has 25 heavy (non-hydrogen) atoms. The average molecular weight is 354 g/mol. The molecule has 126 valence electrons. The van der Waals surface area contributed by atoms with Gasteiger partial charge in [0, 0.05) is 10.7 Å². The standard InChI is InChI=1S/C17H16ClN7/c1-8-5-9(2)21-16-14(8)15(19)24-17(25-16)20-7-13-22-11-4-3-10(18)6-12(11)23-13/h3-6H,7H2,1-2H3,(H,22,23)(H3,19,20,21,24,25). The van der Waals surface area contributed by atoms with Crippen LogP contribution in [0.3, 0.4) is 0 Å². The molecule has 0 atom stereocenters. The lowest BCUT2D eigenvalue weighted by Crippen LogP contribution is -2.08. The number of aromatic amines is 1. The van der Waals surface area contributed by atoms with Crippen LogP contribution in [0.25, 0.3) is 22.1 Å². The monoisotopic (exact) mass is 353 g/mol. The van der Waals surface area contributed by atoms with E-state index in [4.69, 9.17) is 17.3 Å². The van der Waals surface area contributed by atoms with E-state index in [1.165, 1.54) is 0 Å². The van der Waals surface area contributed by atoms with Crippen LogP contribution in [0.4, 0.5) is 11.8 Å². The van der Waals surface area contributed by atoms with Crippen LogP contribution >= 0.6 is 11.6 Å². The van der Waals surface area contributed by atoms with Crippen LogP contribution in [-0.4, -0.2) is 24.9 Å². The molecule has 0 aliphatic rings. The highest BCUT2D eigenvalue weighted by molar-refractivity contribution is 6.31. The summed E-state index contributed by atoms with van der Waals surface area (Å²) < 4.78 is 0. The highest BCUT2D eigenvalue weighted by Gasteiger charge is 2.10. The maximum Gasteiger partial charge on any atom is 0.227 e. The number of nitrogens with one attached hydrogen (secondary N) is 2. The maximum absolute atomic E-state index is 6.09. The number of benzene rings is 1. The summed E-state index contributed by atoms with van der Waals surface area (Å²) in [4.78, 5) is 21.0. The number of hydrogen-bond donors (Lipinski definition) is 3. The molecule has 0 saturated heterocycles. The van der Waals surface area contributed by atoms with E-state index in [-0.39, 0.29) is 0 Å². The highest BCUT2D eigenvalue weighted by Crippen LogP contribution is 2.23. The first-order valence-corrected chi connectivity index (χ1v) is 8.17. The molecule has 0 amide bonds. The summed E-state index contributed by atoms with van der Waals surface area (Å²) in [5.41, 5.74) is 10.3. The van der Waals surface area contributed by atoms with Crippen molar-refractivity contribution in [3.05, 3.63) is 46.4 Å². The first-order valence-electron chi connectivity index (χ1n) is 7.79. The van der Waals surface area contributed by atoms with Gasteiger partial charge in [-0.3, -0.25) is 0 Å². The van der Waals surface area contributed by atoms with Crippen molar-refractivity contribution in [1.29, 1.82) is 0 Å². The number of pyridine rings is 1.